The molecule has 0 aromatic heterocycles. The third-order valence-electron chi connectivity index (χ3n) is 4.83. The molecule has 0 saturated carbocycles. The maximum absolute atomic E-state index is 12.4. The monoisotopic (exact) mass is 431 g/mol. The van der Waals surface area contributed by atoms with E-state index in [1.54, 1.807) is 44.5 Å². The van der Waals surface area contributed by atoms with Crippen molar-refractivity contribution >= 4 is 17.9 Å². The Hall–Kier alpha value is -3.00. The molecule has 8 nitrogen and oxygen atoms in total. The number of hydrogen-bond acceptors (Lipinski definition) is 6. The number of methoxy groups -OCH3 is 3. The molecule has 0 unspecified atom stereocenters. The summed E-state index contributed by atoms with van der Waals surface area (Å²) in [4.78, 5) is 28.1. The Labute approximate surface area is 184 Å². The average molecular weight is 432 g/mol. The Bertz CT molecular complexity index is 786. The highest BCUT2D eigenvalue weighted by molar-refractivity contribution is 5.88. The lowest BCUT2D eigenvalue weighted by atomic mass is 10.1. The molecule has 8 heteroatoms. The molecule has 1 saturated heterocycles. The van der Waals surface area contributed by atoms with Crippen molar-refractivity contribution in [3.63, 3.8) is 0 Å². The van der Waals surface area contributed by atoms with Gasteiger partial charge in [0, 0.05) is 38.3 Å². The molecule has 2 amide bonds. The molecule has 0 bridgehead atoms. The summed E-state index contributed by atoms with van der Waals surface area (Å²) < 4.78 is 16.0. The van der Waals surface area contributed by atoms with Gasteiger partial charge in [-0.1, -0.05) is 18.2 Å². The molecule has 1 aromatic carbocycles. The first-order valence-corrected chi connectivity index (χ1v) is 10.3. The molecule has 1 heterocycles. The maximum atomic E-state index is 12.4. The lowest BCUT2D eigenvalue weighted by Gasteiger charge is -2.33. The zero-order valence-corrected chi connectivity index (χ0v) is 19.0. The van der Waals surface area contributed by atoms with E-state index in [-0.39, 0.29) is 17.9 Å². The summed E-state index contributed by atoms with van der Waals surface area (Å²) in [5.74, 6) is 1.66. The fourth-order valence-corrected chi connectivity index (χ4v) is 3.30. The molecular formula is C23H33N3O5. The lowest BCUT2D eigenvalue weighted by Crippen LogP contribution is -2.51. The highest BCUT2D eigenvalue weighted by atomic mass is 16.5. The van der Waals surface area contributed by atoms with Gasteiger partial charge in [0.1, 0.15) is 0 Å². The summed E-state index contributed by atoms with van der Waals surface area (Å²) in [5, 5.41) is 2.89. The molecule has 0 aliphatic carbocycles. The van der Waals surface area contributed by atoms with Crippen LogP contribution in [0.15, 0.2) is 30.4 Å². The third-order valence-corrected chi connectivity index (χ3v) is 4.83. The Morgan fingerprint density at radius 3 is 2.13 bits per heavy atom. The second kappa shape index (κ2) is 12.0. The first-order chi connectivity index (χ1) is 14.9. The predicted molar refractivity (Wildman–Crippen MR) is 121 cm³/mol. The molecule has 2 rings (SSSR count). The topological polar surface area (TPSA) is 80.3 Å². The van der Waals surface area contributed by atoms with E-state index in [9.17, 15) is 9.59 Å². The second-order valence-corrected chi connectivity index (χ2v) is 7.50. The summed E-state index contributed by atoms with van der Waals surface area (Å²) in [7, 11) is 4.70. The first-order valence-electron chi connectivity index (χ1n) is 10.3. The van der Waals surface area contributed by atoms with E-state index in [0.717, 1.165) is 5.56 Å². The van der Waals surface area contributed by atoms with E-state index < -0.39 is 0 Å². The van der Waals surface area contributed by atoms with Crippen LogP contribution in [0.25, 0.3) is 6.08 Å². The highest BCUT2D eigenvalue weighted by Crippen LogP contribution is 2.38. The van der Waals surface area contributed by atoms with Gasteiger partial charge in [-0.25, -0.2) is 0 Å². The van der Waals surface area contributed by atoms with E-state index in [4.69, 9.17) is 14.2 Å². The van der Waals surface area contributed by atoms with Crippen molar-refractivity contribution < 1.29 is 23.8 Å². The Balaban J connectivity index is 1.88. The molecule has 1 aliphatic rings. The van der Waals surface area contributed by atoms with Gasteiger partial charge in [0.05, 0.1) is 27.9 Å². The quantitative estimate of drug-likeness (QED) is 0.476. The normalized spacial score (nSPS) is 15.0. The van der Waals surface area contributed by atoms with Crippen molar-refractivity contribution in [2.75, 3.05) is 54.1 Å². The van der Waals surface area contributed by atoms with Crippen LogP contribution in [0.5, 0.6) is 17.2 Å². The van der Waals surface area contributed by atoms with Gasteiger partial charge in [0.15, 0.2) is 11.5 Å². The van der Waals surface area contributed by atoms with Gasteiger partial charge in [-0.3, -0.25) is 14.5 Å². The zero-order valence-electron chi connectivity index (χ0n) is 19.0. The van der Waals surface area contributed by atoms with Gasteiger partial charge >= 0.3 is 0 Å². The summed E-state index contributed by atoms with van der Waals surface area (Å²) in [6, 6.07) is 3.80. The minimum atomic E-state index is -0.0409. The van der Waals surface area contributed by atoms with Crippen LogP contribution in [-0.4, -0.2) is 81.7 Å². The van der Waals surface area contributed by atoms with Crippen molar-refractivity contribution in [1.82, 2.24) is 15.1 Å². The molecule has 0 radical (unpaired) electrons. The molecule has 1 aliphatic heterocycles. The van der Waals surface area contributed by atoms with Crippen molar-refractivity contribution in [2.24, 2.45) is 0 Å². The number of benzene rings is 1. The average Bonchev–Trinajstić information content (AvgIpc) is 2.75. The number of piperazine rings is 1. The number of allylic oxidation sites excluding steroid dienone is 2. The standard InChI is InChI=1S/C23H33N3O5/c1-17(2)24-21(27)16-25-10-12-26(13-11-25)22(28)9-7-6-8-18-14-19(29-3)23(31-5)20(15-18)30-4/h6-9,14-15,17H,10-13,16H2,1-5H3,(H,24,27)/b8-6+,9-7+. The number of nitrogens with one attached hydrogen (secondary N) is 1. The van der Waals surface area contributed by atoms with Crippen LogP contribution in [0, 0.1) is 0 Å². The van der Waals surface area contributed by atoms with E-state index >= 15 is 0 Å². The van der Waals surface area contributed by atoms with Gasteiger partial charge in [-0.15, -0.1) is 0 Å². The van der Waals surface area contributed by atoms with Gasteiger partial charge < -0.3 is 24.4 Å². The van der Waals surface area contributed by atoms with Crippen LogP contribution >= 0.6 is 0 Å². The van der Waals surface area contributed by atoms with Crippen LogP contribution in [0.3, 0.4) is 0 Å². The number of carbonyl (C=O) groups excluding carboxylic acids is 2. The first kappa shape index (κ1) is 24.3. The molecule has 0 atom stereocenters. The lowest BCUT2D eigenvalue weighted by molar-refractivity contribution is -0.128. The van der Waals surface area contributed by atoms with Crippen LogP contribution in [0.1, 0.15) is 19.4 Å². The highest BCUT2D eigenvalue weighted by Gasteiger charge is 2.21. The minimum absolute atomic E-state index is 0.0200. The minimum Gasteiger partial charge on any atom is -0.493 e. The fraction of sp³-hybridized carbons (Fsp3) is 0.478. The summed E-state index contributed by atoms with van der Waals surface area (Å²) >= 11 is 0. The van der Waals surface area contributed by atoms with Crippen LogP contribution in [0.2, 0.25) is 0 Å². The maximum Gasteiger partial charge on any atom is 0.246 e. The Morgan fingerprint density at radius 1 is 1.00 bits per heavy atom. The summed E-state index contributed by atoms with van der Waals surface area (Å²) in [6.45, 7) is 6.84. The van der Waals surface area contributed by atoms with E-state index in [1.807, 2.05) is 32.1 Å². The van der Waals surface area contributed by atoms with Crippen molar-refractivity contribution in [3.05, 3.63) is 35.9 Å². The number of ether oxygens (including phenoxy) is 3. The zero-order chi connectivity index (χ0) is 22.8. The predicted octanol–water partition coefficient (Wildman–Crippen LogP) is 1.95. The Morgan fingerprint density at radius 2 is 1.61 bits per heavy atom. The van der Waals surface area contributed by atoms with Gasteiger partial charge in [-0.2, -0.15) is 0 Å². The number of amides is 2. The summed E-state index contributed by atoms with van der Waals surface area (Å²) in [5.41, 5.74) is 0.861. The number of hydrogen-bond donors (Lipinski definition) is 1. The summed E-state index contributed by atoms with van der Waals surface area (Å²) in [6.07, 6.45) is 6.92. The van der Waals surface area contributed by atoms with Gasteiger partial charge in [-0.05, 0) is 31.5 Å². The van der Waals surface area contributed by atoms with E-state index in [0.29, 0.717) is 50.0 Å². The smallest absolute Gasteiger partial charge is 0.246 e. The number of nitrogens with zero attached hydrogens (tertiary/aromatic N) is 2. The van der Waals surface area contributed by atoms with Crippen molar-refractivity contribution in [3.8, 4) is 17.2 Å². The van der Waals surface area contributed by atoms with Crippen molar-refractivity contribution in [2.45, 2.75) is 19.9 Å². The molecular weight excluding hydrogens is 398 g/mol. The Kier molecular flexibility index (Phi) is 9.40. The molecule has 31 heavy (non-hydrogen) atoms. The van der Waals surface area contributed by atoms with Crippen molar-refractivity contribution in [1.29, 1.82) is 0 Å². The molecule has 170 valence electrons. The number of rotatable bonds is 9. The van der Waals surface area contributed by atoms with Gasteiger partial charge in [0.25, 0.3) is 0 Å². The fourth-order valence-electron chi connectivity index (χ4n) is 3.30. The molecule has 1 N–H and O–H groups in total. The molecule has 0 spiro atoms. The van der Waals surface area contributed by atoms with E-state index in [2.05, 4.69) is 10.2 Å². The third kappa shape index (κ3) is 7.32. The van der Waals surface area contributed by atoms with E-state index in [1.165, 1.54) is 0 Å². The second-order valence-electron chi connectivity index (χ2n) is 7.50. The largest absolute Gasteiger partial charge is 0.493 e. The van der Waals surface area contributed by atoms with Gasteiger partial charge in [0.2, 0.25) is 17.6 Å². The van der Waals surface area contributed by atoms with Crippen LogP contribution in [-0.2, 0) is 9.59 Å². The molecule has 1 aromatic rings. The van der Waals surface area contributed by atoms with Crippen LogP contribution in [0.4, 0.5) is 0 Å². The number of carbonyl (C=O) groups is 2. The van der Waals surface area contributed by atoms with Crippen LogP contribution < -0.4 is 19.5 Å². The molecule has 1 fully saturated rings. The SMILES string of the molecule is COc1cc(/C=C/C=C/C(=O)N2CCN(CC(=O)NC(C)C)CC2)cc(OC)c1OC.